The van der Waals surface area contributed by atoms with Crippen molar-refractivity contribution in [3.8, 4) is 0 Å². The number of aromatic nitrogens is 1. The summed E-state index contributed by atoms with van der Waals surface area (Å²) in [5, 5.41) is 8.96. The van der Waals surface area contributed by atoms with Crippen LogP contribution in [0.25, 0.3) is 0 Å². The zero-order valence-electron chi connectivity index (χ0n) is 13.3. The van der Waals surface area contributed by atoms with Gasteiger partial charge in [-0.25, -0.2) is 9.78 Å². The lowest BCUT2D eigenvalue weighted by Crippen LogP contribution is -2.23. The Balaban J connectivity index is 1.78. The van der Waals surface area contributed by atoms with Crippen LogP contribution < -0.4 is 0 Å². The summed E-state index contributed by atoms with van der Waals surface area (Å²) in [5.74, 6) is 0.0997. The van der Waals surface area contributed by atoms with Crippen LogP contribution in [0.3, 0.4) is 0 Å². The Hall–Kier alpha value is -2.86. The van der Waals surface area contributed by atoms with Gasteiger partial charge in [-0.05, 0) is 30.2 Å². The highest BCUT2D eigenvalue weighted by molar-refractivity contribution is 5.84. The van der Waals surface area contributed by atoms with Crippen molar-refractivity contribution in [3.05, 3.63) is 77.4 Å². The molecule has 3 rings (SSSR count). The molecule has 0 atom stereocenters. The van der Waals surface area contributed by atoms with Crippen LogP contribution >= 0.6 is 0 Å². The van der Waals surface area contributed by atoms with Crippen LogP contribution in [0.1, 0.15) is 33.3 Å². The van der Waals surface area contributed by atoms with Gasteiger partial charge < -0.3 is 13.9 Å². The van der Waals surface area contributed by atoms with Crippen LogP contribution in [0.2, 0.25) is 0 Å². The monoisotopic (exact) mass is 326 g/mol. The maximum Gasteiger partial charge on any atom is 0.357 e. The molecule has 6 heteroatoms. The second kappa shape index (κ2) is 7.14. The van der Waals surface area contributed by atoms with E-state index in [9.17, 15) is 4.79 Å². The van der Waals surface area contributed by atoms with Crippen molar-refractivity contribution < 1.29 is 18.7 Å². The lowest BCUT2D eigenvalue weighted by molar-refractivity contribution is 0.0690. The van der Waals surface area contributed by atoms with Gasteiger partial charge in [-0.3, -0.25) is 4.90 Å². The molecule has 0 fully saturated rings. The summed E-state index contributed by atoms with van der Waals surface area (Å²) in [6, 6.07) is 11.9. The highest BCUT2D eigenvalue weighted by atomic mass is 16.4. The van der Waals surface area contributed by atoms with Gasteiger partial charge in [0.05, 0.1) is 19.4 Å². The molecule has 0 saturated heterocycles. The van der Waals surface area contributed by atoms with Crippen LogP contribution in [-0.4, -0.2) is 21.0 Å². The van der Waals surface area contributed by atoms with Crippen molar-refractivity contribution >= 4 is 5.97 Å². The molecule has 0 unspecified atom stereocenters. The predicted molar refractivity (Wildman–Crippen MR) is 86.3 cm³/mol. The van der Waals surface area contributed by atoms with Gasteiger partial charge in [-0.2, -0.15) is 0 Å². The number of aryl methyl sites for hydroxylation is 1. The number of rotatable bonds is 7. The quantitative estimate of drug-likeness (QED) is 0.716. The smallest absolute Gasteiger partial charge is 0.357 e. The summed E-state index contributed by atoms with van der Waals surface area (Å²) in [4.78, 5) is 17.0. The molecule has 0 aliphatic heterocycles. The Morgan fingerprint density at radius 1 is 1.12 bits per heavy atom. The maximum atomic E-state index is 10.9. The van der Waals surface area contributed by atoms with E-state index in [1.54, 1.807) is 6.26 Å². The van der Waals surface area contributed by atoms with Crippen molar-refractivity contribution in [1.29, 1.82) is 0 Å². The van der Waals surface area contributed by atoms with Crippen LogP contribution in [0.5, 0.6) is 0 Å². The first kappa shape index (κ1) is 16.0. The highest BCUT2D eigenvalue weighted by Gasteiger charge is 2.16. The van der Waals surface area contributed by atoms with E-state index in [2.05, 4.69) is 28.9 Å². The van der Waals surface area contributed by atoms with Gasteiger partial charge in [-0.15, -0.1) is 0 Å². The largest absolute Gasteiger partial charge is 0.476 e. The summed E-state index contributed by atoms with van der Waals surface area (Å²) in [6.07, 6.45) is 2.80. The third kappa shape index (κ3) is 3.91. The predicted octanol–water partition coefficient (Wildman–Crippen LogP) is 3.48. The molecule has 6 nitrogen and oxygen atoms in total. The summed E-state index contributed by atoms with van der Waals surface area (Å²) in [7, 11) is 0. The van der Waals surface area contributed by atoms with Crippen molar-refractivity contribution in [2.24, 2.45) is 0 Å². The summed E-state index contributed by atoms with van der Waals surface area (Å²) in [5.41, 5.74) is 2.30. The standard InChI is InChI=1S/C18H18N2O4/c1-13-5-2-3-6-14(13)9-20(10-15-7-4-8-23-15)11-17-19-16(12-24-17)18(21)22/h2-8,12H,9-11H2,1H3,(H,21,22). The Morgan fingerprint density at radius 3 is 2.62 bits per heavy atom. The normalized spacial score (nSPS) is 11.1. The van der Waals surface area contributed by atoms with E-state index in [1.807, 2.05) is 24.3 Å². The van der Waals surface area contributed by atoms with Gasteiger partial charge >= 0.3 is 5.97 Å². The SMILES string of the molecule is Cc1ccccc1CN(Cc1ccco1)Cc1nc(C(=O)O)co1. The van der Waals surface area contributed by atoms with Gasteiger partial charge in [0.1, 0.15) is 12.0 Å². The molecule has 0 saturated carbocycles. The van der Waals surface area contributed by atoms with Crippen molar-refractivity contribution in [3.63, 3.8) is 0 Å². The molecule has 3 aromatic rings. The molecular formula is C18H18N2O4. The van der Waals surface area contributed by atoms with E-state index >= 15 is 0 Å². The van der Waals surface area contributed by atoms with E-state index < -0.39 is 5.97 Å². The van der Waals surface area contributed by atoms with Gasteiger partial charge in [0.25, 0.3) is 0 Å². The van der Waals surface area contributed by atoms with E-state index in [0.717, 1.165) is 12.0 Å². The fourth-order valence-electron chi connectivity index (χ4n) is 2.49. The molecular weight excluding hydrogens is 308 g/mol. The second-order valence-electron chi connectivity index (χ2n) is 5.58. The highest BCUT2D eigenvalue weighted by Crippen LogP contribution is 2.16. The minimum Gasteiger partial charge on any atom is -0.476 e. The molecule has 0 spiro atoms. The molecule has 0 radical (unpaired) electrons. The number of aromatic carboxylic acids is 1. The van der Waals surface area contributed by atoms with Crippen molar-refractivity contribution in [2.75, 3.05) is 0 Å². The van der Waals surface area contributed by atoms with E-state index in [0.29, 0.717) is 25.5 Å². The maximum absolute atomic E-state index is 10.9. The van der Waals surface area contributed by atoms with Gasteiger partial charge in [0.15, 0.2) is 5.69 Å². The molecule has 1 N–H and O–H groups in total. The molecule has 124 valence electrons. The first-order valence-corrected chi connectivity index (χ1v) is 7.59. The fourth-order valence-corrected chi connectivity index (χ4v) is 2.49. The molecule has 0 aliphatic rings. The van der Waals surface area contributed by atoms with Crippen molar-refractivity contribution in [2.45, 2.75) is 26.6 Å². The number of oxazole rings is 1. The van der Waals surface area contributed by atoms with Gasteiger partial charge in [0.2, 0.25) is 5.89 Å². The summed E-state index contributed by atoms with van der Waals surface area (Å²) >= 11 is 0. The topological polar surface area (TPSA) is 79.7 Å². The van der Waals surface area contributed by atoms with Crippen LogP contribution in [0.15, 0.2) is 57.8 Å². The first-order chi connectivity index (χ1) is 11.6. The molecule has 24 heavy (non-hydrogen) atoms. The minimum absolute atomic E-state index is 0.0844. The zero-order chi connectivity index (χ0) is 16.9. The Labute approximate surface area is 139 Å². The number of carboxylic acid groups (broad SMARTS) is 1. The van der Waals surface area contributed by atoms with E-state index in [4.69, 9.17) is 13.9 Å². The Kier molecular flexibility index (Phi) is 4.77. The number of benzene rings is 1. The Bertz CT molecular complexity index is 808. The average molecular weight is 326 g/mol. The fraction of sp³-hybridized carbons (Fsp3) is 0.222. The number of carbonyl (C=O) groups is 1. The first-order valence-electron chi connectivity index (χ1n) is 7.59. The summed E-state index contributed by atoms with van der Waals surface area (Å²) in [6.45, 7) is 3.71. The summed E-state index contributed by atoms with van der Waals surface area (Å²) < 4.78 is 10.7. The molecule has 2 heterocycles. The van der Waals surface area contributed by atoms with Crippen molar-refractivity contribution in [1.82, 2.24) is 9.88 Å². The van der Waals surface area contributed by atoms with E-state index in [-0.39, 0.29) is 5.69 Å². The molecule has 0 bridgehead atoms. The molecule has 2 aromatic heterocycles. The Morgan fingerprint density at radius 2 is 1.96 bits per heavy atom. The molecule has 0 amide bonds. The lowest BCUT2D eigenvalue weighted by Gasteiger charge is -2.20. The number of furan rings is 1. The number of hydrogen-bond donors (Lipinski definition) is 1. The minimum atomic E-state index is -1.10. The van der Waals surface area contributed by atoms with E-state index in [1.165, 1.54) is 11.1 Å². The third-order valence-electron chi connectivity index (χ3n) is 3.74. The van der Waals surface area contributed by atoms with Gasteiger partial charge in [0, 0.05) is 6.54 Å². The number of nitrogens with zero attached hydrogens (tertiary/aromatic N) is 2. The number of hydrogen-bond acceptors (Lipinski definition) is 5. The van der Waals surface area contributed by atoms with Gasteiger partial charge in [-0.1, -0.05) is 24.3 Å². The zero-order valence-corrected chi connectivity index (χ0v) is 13.3. The number of carboxylic acids is 1. The van der Waals surface area contributed by atoms with Crippen LogP contribution in [-0.2, 0) is 19.6 Å². The average Bonchev–Trinajstić information content (AvgIpc) is 3.21. The molecule has 0 aliphatic carbocycles. The third-order valence-corrected chi connectivity index (χ3v) is 3.74. The molecule has 1 aromatic carbocycles. The lowest BCUT2D eigenvalue weighted by atomic mass is 10.1. The van der Waals surface area contributed by atoms with Crippen LogP contribution in [0.4, 0.5) is 0 Å². The second-order valence-corrected chi connectivity index (χ2v) is 5.58. The van der Waals surface area contributed by atoms with Crippen LogP contribution in [0, 0.1) is 6.92 Å².